The third kappa shape index (κ3) is 44.3. The largest absolute Gasteiger partial charge is 0.394 e. The van der Waals surface area contributed by atoms with E-state index < -0.39 is 12.1 Å². The molecule has 1 amide bonds. The first-order valence-electron chi connectivity index (χ1n) is 25.7. The smallest absolute Gasteiger partial charge is 0.220 e. The van der Waals surface area contributed by atoms with Crippen molar-refractivity contribution in [2.24, 2.45) is 0 Å². The van der Waals surface area contributed by atoms with E-state index in [9.17, 15) is 15.0 Å². The van der Waals surface area contributed by atoms with Crippen LogP contribution >= 0.6 is 0 Å². The normalized spacial score (nSPS) is 12.7. The summed E-state index contributed by atoms with van der Waals surface area (Å²) in [6, 6.07) is -0.530. The highest BCUT2D eigenvalue weighted by Gasteiger charge is 2.20. The van der Waals surface area contributed by atoms with Crippen LogP contribution in [0.2, 0.25) is 0 Å². The Balaban J connectivity index is 3.42. The molecular weight excluding hydrogens is 675 g/mol. The number of hydrogen-bond acceptors (Lipinski definition) is 3. The first-order chi connectivity index (χ1) is 27.2. The fourth-order valence-electron chi connectivity index (χ4n) is 8.42. The lowest BCUT2D eigenvalue weighted by Gasteiger charge is -2.22. The predicted octanol–water partition coefficient (Wildman–Crippen LogP) is 16.4. The molecule has 0 saturated carbocycles. The fourth-order valence-corrected chi connectivity index (χ4v) is 8.42. The van der Waals surface area contributed by atoms with Gasteiger partial charge in [0.15, 0.2) is 0 Å². The Morgan fingerprint density at radius 3 is 0.818 bits per heavy atom. The summed E-state index contributed by atoms with van der Waals surface area (Å²) in [6.45, 7) is 4.40. The van der Waals surface area contributed by atoms with Gasteiger partial charge in [-0.05, 0) is 12.8 Å². The van der Waals surface area contributed by atoms with Crippen LogP contribution in [0.25, 0.3) is 0 Å². The maximum Gasteiger partial charge on any atom is 0.220 e. The van der Waals surface area contributed by atoms with Crippen molar-refractivity contribution < 1.29 is 15.0 Å². The number of aliphatic hydroxyl groups excluding tert-OH is 2. The van der Waals surface area contributed by atoms with E-state index in [0.717, 1.165) is 25.7 Å². The van der Waals surface area contributed by atoms with Crippen molar-refractivity contribution in [2.45, 2.75) is 315 Å². The van der Waals surface area contributed by atoms with Gasteiger partial charge in [0.1, 0.15) is 0 Å². The lowest BCUT2D eigenvalue weighted by atomic mass is 10.0. The van der Waals surface area contributed by atoms with Crippen molar-refractivity contribution in [3.05, 3.63) is 0 Å². The summed E-state index contributed by atoms with van der Waals surface area (Å²) in [5.41, 5.74) is 0. The lowest BCUT2D eigenvalue weighted by Crippen LogP contribution is -2.45. The van der Waals surface area contributed by atoms with Crippen LogP contribution in [0.4, 0.5) is 0 Å². The zero-order chi connectivity index (χ0) is 40.0. The van der Waals surface area contributed by atoms with E-state index in [2.05, 4.69) is 19.2 Å². The average Bonchev–Trinajstić information content (AvgIpc) is 3.19. The van der Waals surface area contributed by atoms with Crippen LogP contribution in [0.5, 0.6) is 0 Å². The molecular formula is C51H103NO3. The molecule has 0 aliphatic heterocycles. The number of hydrogen-bond donors (Lipinski definition) is 3. The molecule has 0 radical (unpaired) electrons. The topological polar surface area (TPSA) is 69.6 Å². The second kappa shape index (κ2) is 47.8. The van der Waals surface area contributed by atoms with Crippen molar-refractivity contribution >= 4 is 5.91 Å². The molecule has 0 fully saturated rings. The molecule has 0 aromatic heterocycles. The van der Waals surface area contributed by atoms with E-state index in [-0.39, 0.29) is 12.5 Å². The Hall–Kier alpha value is -0.610. The highest BCUT2D eigenvalue weighted by Crippen LogP contribution is 2.18. The molecule has 0 spiro atoms. The molecule has 4 nitrogen and oxygen atoms in total. The molecule has 0 saturated heterocycles. The highest BCUT2D eigenvalue weighted by atomic mass is 16.3. The Morgan fingerprint density at radius 2 is 0.582 bits per heavy atom. The third-order valence-electron chi connectivity index (χ3n) is 12.4. The number of carbonyl (C=O) groups excluding carboxylic acids is 1. The second-order valence-electron chi connectivity index (χ2n) is 18.0. The predicted molar refractivity (Wildman–Crippen MR) is 244 cm³/mol. The Morgan fingerprint density at radius 1 is 0.364 bits per heavy atom. The lowest BCUT2D eigenvalue weighted by molar-refractivity contribution is -0.123. The van der Waals surface area contributed by atoms with Crippen LogP contribution in [0, 0.1) is 0 Å². The van der Waals surface area contributed by atoms with Crippen LogP contribution in [-0.2, 0) is 4.79 Å². The maximum atomic E-state index is 12.4. The van der Waals surface area contributed by atoms with E-state index in [1.54, 1.807) is 0 Å². The van der Waals surface area contributed by atoms with Crippen molar-refractivity contribution in [1.29, 1.82) is 0 Å². The highest BCUT2D eigenvalue weighted by molar-refractivity contribution is 5.76. The number of nitrogens with one attached hydrogen (secondary N) is 1. The van der Waals surface area contributed by atoms with Crippen LogP contribution in [0.3, 0.4) is 0 Å². The SMILES string of the molecule is CCCCCCCCCCCCCCCCCCCCCCCCCCC(O)C(CO)NC(=O)CCCCCCCCCCCCCCCCCCCCC. The van der Waals surface area contributed by atoms with Gasteiger partial charge in [-0.2, -0.15) is 0 Å². The molecule has 0 aromatic carbocycles. The second-order valence-corrected chi connectivity index (χ2v) is 18.0. The number of aliphatic hydroxyl groups is 2. The van der Waals surface area contributed by atoms with Gasteiger partial charge in [-0.25, -0.2) is 0 Å². The van der Waals surface area contributed by atoms with E-state index in [0.29, 0.717) is 12.8 Å². The Labute approximate surface area is 346 Å². The minimum atomic E-state index is -0.654. The third-order valence-corrected chi connectivity index (χ3v) is 12.4. The van der Waals surface area contributed by atoms with Crippen molar-refractivity contribution in [3.8, 4) is 0 Å². The molecule has 3 N–H and O–H groups in total. The first-order valence-corrected chi connectivity index (χ1v) is 25.7. The standard InChI is InChI=1S/C51H103NO3/c1-3-5-7-9-11-13-15-17-19-21-23-24-25-26-27-29-30-32-34-36-38-40-42-44-46-50(54)49(48-53)52-51(55)47-45-43-41-39-37-35-33-31-28-22-20-18-16-14-12-10-8-6-4-2/h49-50,53-54H,3-48H2,1-2H3,(H,52,55). The zero-order valence-electron chi connectivity index (χ0n) is 38.0. The van der Waals surface area contributed by atoms with Gasteiger partial charge in [-0.15, -0.1) is 0 Å². The summed E-state index contributed by atoms with van der Waals surface area (Å²) in [7, 11) is 0. The van der Waals surface area contributed by atoms with Gasteiger partial charge in [0.2, 0.25) is 5.91 Å². The summed E-state index contributed by atoms with van der Waals surface area (Å²) in [6.07, 6.45) is 59.2. The van der Waals surface area contributed by atoms with E-state index in [1.807, 2.05) is 0 Å². The van der Waals surface area contributed by atoms with Crippen LogP contribution in [0.1, 0.15) is 303 Å². The average molecular weight is 778 g/mol. The molecule has 2 atom stereocenters. The number of amides is 1. The molecule has 2 unspecified atom stereocenters. The van der Waals surface area contributed by atoms with Gasteiger partial charge >= 0.3 is 0 Å². The summed E-state index contributed by atoms with van der Waals surface area (Å²) < 4.78 is 0. The molecule has 4 heteroatoms. The first kappa shape index (κ1) is 54.4. The molecule has 0 rings (SSSR count). The molecule has 55 heavy (non-hydrogen) atoms. The summed E-state index contributed by atoms with van der Waals surface area (Å²) in [4.78, 5) is 12.4. The summed E-state index contributed by atoms with van der Waals surface area (Å²) in [5, 5.41) is 23.3. The molecule has 0 heterocycles. The van der Waals surface area contributed by atoms with E-state index >= 15 is 0 Å². The molecule has 0 aliphatic carbocycles. The molecule has 0 aromatic rings. The quantitative estimate of drug-likeness (QED) is 0.0539. The van der Waals surface area contributed by atoms with Crippen LogP contribution in [0.15, 0.2) is 0 Å². The molecule has 0 aliphatic rings. The van der Waals surface area contributed by atoms with Gasteiger partial charge < -0.3 is 15.5 Å². The zero-order valence-corrected chi connectivity index (χ0v) is 38.0. The minimum absolute atomic E-state index is 0.0235. The van der Waals surface area contributed by atoms with E-state index in [4.69, 9.17) is 0 Å². The molecule has 0 bridgehead atoms. The van der Waals surface area contributed by atoms with Crippen molar-refractivity contribution in [2.75, 3.05) is 6.61 Å². The van der Waals surface area contributed by atoms with Gasteiger partial charge in [-0.3, -0.25) is 4.79 Å². The van der Waals surface area contributed by atoms with Crippen molar-refractivity contribution in [3.63, 3.8) is 0 Å². The fraction of sp³-hybridized carbons (Fsp3) is 0.980. The van der Waals surface area contributed by atoms with Crippen molar-refractivity contribution in [1.82, 2.24) is 5.32 Å². The number of carbonyl (C=O) groups is 1. The summed E-state index contributed by atoms with van der Waals surface area (Å²) >= 11 is 0. The van der Waals surface area contributed by atoms with Gasteiger partial charge in [0.05, 0.1) is 18.8 Å². The summed E-state index contributed by atoms with van der Waals surface area (Å²) in [5.74, 6) is -0.0235. The number of unbranched alkanes of at least 4 members (excludes halogenated alkanes) is 41. The Bertz CT molecular complexity index is 714. The molecule has 330 valence electrons. The minimum Gasteiger partial charge on any atom is -0.394 e. The van der Waals surface area contributed by atoms with Gasteiger partial charge in [0, 0.05) is 6.42 Å². The van der Waals surface area contributed by atoms with Crippen LogP contribution in [-0.4, -0.2) is 34.9 Å². The van der Waals surface area contributed by atoms with E-state index in [1.165, 1.54) is 250 Å². The van der Waals surface area contributed by atoms with Crippen LogP contribution < -0.4 is 5.32 Å². The van der Waals surface area contributed by atoms with Gasteiger partial charge in [-0.1, -0.05) is 284 Å². The van der Waals surface area contributed by atoms with Gasteiger partial charge in [0.25, 0.3) is 0 Å². The Kier molecular flexibility index (Phi) is 47.2. The number of rotatable bonds is 48. The monoisotopic (exact) mass is 778 g/mol. The maximum absolute atomic E-state index is 12.4.